The summed E-state index contributed by atoms with van der Waals surface area (Å²) in [5.74, 6) is 5.51. The predicted octanol–water partition coefficient (Wildman–Crippen LogP) is 12.7. The van der Waals surface area contributed by atoms with E-state index in [1.54, 1.807) is 98.7 Å². The number of nitrogens with one attached hydrogen (secondary N) is 1. The Kier molecular flexibility index (Phi) is 25.8. The van der Waals surface area contributed by atoms with Crippen LogP contribution in [0.3, 0.4) is 0 Å². The molecule has 24 nitrogen and oxygen atoms in total. The summed E-state index contributed by atoms with van der Waals surface area (Å²) in [6.07, 6.45) is 19.4. The summed E-state index contributed by atoms with van der Waals surface area (Å²) in [4.78, 5) is 72.5. The topological polar surface area (TPSA) is 240 Å². The van der Waals surface area contributed by atoms with Crippen molar-refractivity contribution in [3.05, 3.63) is 257 Å². The van der Waals surface area contributed by atoms with E-state index in [4.69, 9.17) is 53.0 Å². The maximum Gasteiger partial charge on any atom is 0.258 e. The molecule has 16 rings (SSSR count). The van der Waals surface area contributed by atoms with Crippen LogP contribution in [0, 0.1) is 13.8 Å². The van der Waals surface area contributed by atoms with Crippen LogP contribution in [-0.2, 0) is 0 Å². The van der Waals surface area contributed by atoms with Crippen molar-refractivity contribution in [2.75, 3.05) is 136 Å². The van der Waals surface area contributed by atoms with Crippen molar-refractivity contribution in [3.63, 3.8) is 0 Å². The van der Waals surface area contributed by atoms with Crippen molar-refractivity contribution in [3.8, 4) is 90.9 Å². The molecule has 4 aliphatic rings. The molecule has 8 aromatic heterocycles. The number of pyridine rings is 5. The minimum Gasteiger partial charge on any atom is -0.493 e. The second-order valence-electron chi connectivity index (χ2n) is 28.9. The van der Waals surface area contributed by atoms with Gasteiger partial charge in [-0.05, 0) is 237 Å². The van der Waals surface area contributed by atoms with Gasteiger partial charge in [0.1, 0.15) is 16.9 Å². The molecule has 24 heteroatoms. The lowest BCUT2D eigenvalue weighted by Gasteiger charge is -2.25. The Morgan fingerprint density at radius 1 is 0.391 bits per heavy atom. The number of benzene rings is 4. The summed E-state index contributed by atoms with van der Waals surface area (Å²) < 4.78 is 49.3. The second-order valence-corrected chi connectivity index (χ2v) is 28.9. The third kappa shape index (κ3) is 18.4. The molecular formula is C91H99N11O13. The van der Waals surface area contributed by atoms with Crippen molar-refractivity contribution >= 4 is 39.2 Å². The first-order chi connectivity index (χ1) is 55.8. The number of nitrogens with zero attached hydrogens (tertiary/aromatic N) is 10. The van der Waals surface area contributed by atoms with Gasteiger partial charge in [-0.2, -0.15) is 0 Å². The Bertz CT molecular complexity index is 5940. The Labute approximate surface area is 668 Å². The maximum absolute atomic E-state index is 12.9. The second kappa shape index (κ2) is 36.7. The Balaban J connectivity index is 0.000000134. The number of ether oxygens (including phenoxy) is 8. The van der Waals surface area contributed by atoms with E-state index in [2.05, 4.69) is 75.5 Å². The first kappa shape index (κ1) is 80.8. The number of β-amino-alcohol motifs (C(OH)–C–C–N with tert-alkyl or cyclic N) is 1. The number of aliphatic hydroxyl groups excluding tert-OH is 1. The predicted molar refractivity (Wildman–Crippen MR) is 453 cm³/mol. The largest absolute Gasteiger partial charge is 0.493 e. The van der Waals surface area contributed by atoms with E-state index in [0.717, 1.165) is 146 Å². The van der Waals surface area contributed by atoms with Gasteiger partial charge in [0.2, 0.25) is 0 Å². The molecule has 12 heterocycles. The molecule has 115 heavy (non-hydrogen) atoms. The first-order valence-electron chi connectivity index (χ1n) is 38.5. The average molecular weight is 1550 g/mol. The van der Waals surface area contributed by atoms with Gasteiger partial charge in [-0.25, -0.2) is 15.0 Å². The van der Waals surface area contributed by atoms with E-state index in [-0.39, 0.29) is 28.8 Å². The number of aryl methyl sites for hydroxylation is 2. The van der Waals surface area contributed by atoms with Gasteiger partial charge >= 0.3 is 0 Å². The molecule has 0 atom stereocenters. The number of rotatable bonds is 18. The number of hydrogen-bond acceptors (Lipinski definition) is 20. The van der Waals surface area contributed by atoms with Crippen LogP contribution in [0.4, 0.5) is 0 Å². The molecule has 0 radical (unpaired) electrons. The highest BCUT2D eigenvalue weighted by molar-refractivity contribution is 5.76. The van der Waals surface area contributed by atoms with Crippen LogP contribution in [0.25, 0.3) is 84.1 Å². The van der Waals surface area contributed by atoms with Gasteiger partial charge in [-0.3, -0.25) is 41.7 Å². The molecule has 1 saturated heterocycles. The van der Waals surface area contributed by atoms with Crippen LogP contribution in [-0.4, -0.2) is 189 Å². The molecule has 0 saturated carbocycles. The third-order valence-electron chi connectivity index (χ3n) is 21.6. The van der Waals surface area contributed by atoms with Gasteiger partial charge < -0.3 is 58.1 Å². The summed E-state index contributed by atoms with van der Waals surface area (Å²) in [6.45, 7) is 12.6. The molecule has 0 bridgehead atoms. The zero-order chi connectivity index (χ0) is 81.0. The molecule has 0 unspecified atom stereocenters. The SMILES string of the molecule is COc1ccc(-c2cc(=O)n3cc(C4=CCN(C)CC4)cc(C)c3n2)cc1OC.COc1ccc(-c2cc(=O)n3cc(C4=CCN(C)CC4)ccc3c2)cc1OC.COc1ccc(-c2cc(=O)n3cc(C4=CCN(CCO)CC4)ccc3n2)cc1OC.COc1ccc(-c2cc(=O)n3cc(C4CCNCC4)cc(C)c3n2)cc1OC. The van der Waals surface area contributed by atoms with Crippen molar-refractivity contribution in [2.45, 2.75) is 51.9 Å². The highest BCUT2D eigenvalue weighted by Gasteiger charge is 2.22. The number of hydrogen-bond donors (Lipinski definition) is 2. The fourth-order valence-electron chi connectivity index (χ4n) is 15.0. The summed E-state index contributed by atoms with van der Waals surface area (Å²) in [5.41, 5.74) is 18.7. The van der Waals surface area contributed by atoms with Gasteiger partial charge in [-0.1, -0.05) is 36.4 Å². The van der Waals surface area contributed by atoms with Crippen LogP contribution in [0.1, 0.15) is 71.4 Å². The Hall–Kier alpha value is -12.2. The molecule has 0 amide bonds. The average Bonchev–Trinajstić information content (AvgIpc) is 0.763. The fourth-order valence-corrected chi connectivity index (χ4v) is 15.0. The number of aliphatic hydroxyl groups is 1. The molecule has 2 N–H and O–H groups in total. The van der Waals surface area contributed by atoms with Gasteiger partial charge in [0.15, 0.2) is 46.0 Å². The molecule has 596 valence electrons. The number of likely N-dealkylation sites (N-methyl/N-ethyl adjacent to an activating group) is 2. The number of fused-ring (bicyclic) bond motifs is 4. The molecule has 0 spiro atoms. The van der Waals surface area contributed by atoms with Gasteiger partial charge in [0.05, 0.1) is 80.6 Å². The maximum atomic E-state index is 12.9. The van der Waals surface area contributed by atoms with Crippen molar-refractivity contribution < 1.29 is 43.0 Å². The smallest absolute Gasteiger partial charge is 0.258 e. The summed E-state index contributed by atoms with van der Waals surface area (Å²) in [5, 5.41) is 12.5. The van der Waals surface area contributed by atoms with Crippen molar-refractivity contribution in [1.82, 2.24) is 52.6 Å². The lowest BCUT2D eigenvalue weighted by atomic mass is 9.90. The fraction of sp³-hybridized carbons (Fsp3) is 0.308. The van der Waals surface area contributed by atoms with Crippen LogP contribution < -0.4 is 65.4 Å². The summed E-state index contributed by atoms with van der Waals surface area (Å²) >= 11 is 0. The monoisotopic (exact) mass is 1550 g/mol. The van der Waals surface area contributed by atoms with Crippen LogP contribution in [0.15, 0.2) is 202 Å². The molecule has 1 fully saturated rings. The Morgan fingerprint density at radius 2 is 0.800 bits per heavy atom. The third-order valence-corrected chi connectivity index (χ3v) is 21.6. The van der Waals surface area contributed by atoms with Gasteiger partial charge in [0, 0.05) is 117 Å². The van der Waals surface area contributed by atoms with Gasteiger partial charge in [-0.15, -0.1) is 0 Å². The van der Waals surface area contributed by atoms with E-state index in [1.807, 2.05) is 130 Å². The standard InChI is InChI=1S/C23H25N3O4.C23H25N3O3.C23H24N2O3.C22H25N3O3/c1-29-20-5-3-17(13-21(20)30-2)19-14-23(28)26-15-18(4-6-22(26)24-19)16-7-9-25(10-8-16)11-12-27;1-15-11-18(16-7-9-25(2)10-8-16)14-26-22(27)13-19(24-23(15)26)17-5-6-20(28-3)21(12-17)29-4;1-24-10-8-16(9-11-24)18-4-6-20-12-19(14-23(26)25(20)15-18)17-5-7-21(27-2)22(13-17)28-3;1-14-10-17(15-6-8-23-9-7-15)13-25-21(26)12-18(24-22(14)25)16-4-5-19(27-2)20(11-16)28-3/h3-7,13-15,27H,8-12H2,1-2H3;5-7,11-14H,8-10H2,1-4H3;4-8,12-15H,9-11H2,1-3H3;4-5,10-13,15,23H,6-9H2,1-3H3. The zero-order valence-corrected chi connectivity index (χ0v) is 67.3. The zero-order valence-electron chi connectivity index (χ0n) is 67.3. The number of aromatic nitrogens is 7. The van der Waals surface area contributed by atoms with Crippen molar-refractivity contribution in [2.24, 2.45) is 0 Å². The van der Waals surface area contributed by atoms with Crippen LogP contribution in [0.2, 0.25) is 0 Å². The highest BCUT2D eigenvalue weighted by Crippen LogP contribution is 2.38. The molecular weight excluding hydrogens is 1460 g/mol. The highest BCUT2D eigenvalue weighted by atomic mass is 16.5. The summed E-state index contributed by atoms with van der Waals surface area (Å²) in [7, 11) is 17.0. The molecule has 4 aliphatic heterocycles. The van der Waals surface area contributed by atoms with Crippen molar-refractivity contribution in [1.29, 1.82) is 0 Å². The van der Waals surface area contributed by atoms with E-state index in [1.165, 1.54) is 28.3 Å². The first-order valence-corrected chi connectivity index (χ1v) is 38.5. The van der Waals surface area contributed by atoms with Gasteiger partial charge in [0.25, 0.3) is 22.2 Å². The lowest BCUT2D eigenvalue weighted by molar-refractivity contribution is 0.208. The summed E-state index contributed by atoms with van der Waals surface area (Å²) in [6, 6.07) is 42.9. The number of methoxy groups -OCH3 is 8. The lowest BCUT2D eigenvalue weighted by Crippen LogP contribution is -2.31. The molecule has 4 aromatic carbocycles. The quantitative estimate of drug-likeness (QED) is 0.0811. The van der Waals surface area contributed by atoms with E-state index in [0.29, 0.717) is 92.5 Å². The van der Waals surface area contributed by atoms with Crippen LogP contribution >= 0.6 is 0 Å². The normalized spacial score (nSPS) is 14.7. The van der Waals surface area contributed by atoms with E-state index >= 15 is 0 Å². The molecule has 0 aliphatic carbocycles. The van der Waals surface area contributed by atoms with Crippen LogP contribution in [0.5, 0.6) is 46.0 Å². The van der Waals surface area contributed by atoms with E-state index in [9.17, 15) is 19.2 Å². The molecule has 12 aromatic rings. The van der Waals surface area contributed by atoms with E-state index < -0.39 is 0 Å². The number of piperidine rings is 1. The Morgan fingerprint density at radius 3 is 1.28 bits per heavy atom. The minimum atomic E-state index is -0.134. The minimum absolute atomic E-state index is 0.0438.